The second-order valence-electron chi connectivity index (χ2n) is 8.49. The second kappa shape index (κ2) is 12.3. The first-order valence-corrected chi connectivity index (χ1v) is 12.8. The van der Waals surface area contributed by atoms with Gasteiger partial charge in [0, 0.05) is 45.4 Å². The van der Waals surface area contributed by atoms with Gasteiger partial charge in [-0.05, 0) is 18.7 Å². The van der Waals surface area contributed by atoms with E-state index in [0.29, 0.717) is 23.1 Å². The van der Waals surface area contributed by atoms with Crippen molar-refractivity contribution in [2.45, 2.75) is 6.92 Å². The van der Waals surface area contributed by atoms with E-state index in [0.717, 1.165) is 44.2 Å². The van der Waals surface area contributed by atoms with E-state index in [-0.39, 0.29) is 15.7 Å². The van der Waals surface area contributed by atoms with Gasteiger partial charge in [0.05, 0.1) is 31.8 Å². The van der Waals surface area contributed by atoms with Gasteiger partial charge in [-0.1, -0.05) is 30.1 Å². The molecule has 11 nitrogen and oxygen atoms in total. The van der Waals surface area contributed by atoms with Gasteiger partial charge < -0.3 is 29.9 Å². The van der Waals surface area contributed by atoms with Crippen molar-refractivity contribution in [2.24, 2.45) is 0 Å². The fraction of sp³-hybridized carbons (Fsp3) is 0.360. The number of hydrogen-bond acceptors (Lipinski definition) is 9. The van der Waals surface area contributed by atoms with Gasteiger partial charge in [0.25, 0.3) is 0 Å². The third kappa shape index (κ3) is 6.12. The number of benzene rings is 1. The van der Waals surface area contributed by atoms with Crippen LogP contribution < -0.4 is 29.9 Å². The first kappa shape index (κ1) is 27.5. The van der Waals surface area contributed by atoms with Crippen LogP contribution in [0.2, 0.25) is 10.0 Å². The molecule has 0 aliphatic carbocycles. The minimum atomic E-state index is -0.525. The Balaban J connectivity index is 1.44. The maximum atomic E-state index is 13.0. The summed E-state index contributed by atoms with van der Waals surface area (Å²) in [4.78, 5) is 32.1. The average molecular weight is 561 g/mol. The van der Waals surface area contributed by atoms with Crippen molar-refractivity contribution in [3.8, 4) is 11.5 Å². The summed E-state index contributed by atoms with van der Waals surface area (Å²) in [5.41, 5.74) is 0.927. The zero-order valence-corrected chi connectivity index (χ0v) is 23.2. The number of amides is 2. The van der Waals surface area contributed by atoms with E-state index in [4.69, 9.17) is 32.7 Å². The van der Waals surface area contributed by atoms with Crippen molar-refractivity contribution < 1.29 is 14.3 Å². The Labute approximate surface area is 231 Å². The first-order chi connectivity index (χ1) is 18.3. The molecule has 38 heavy (non-hydrogen) atoms. The molecule has 13 heteroatoms. The number of carbonyl (C=O) groups is 1. The molecule has 1 aromatic carbocycles. The van der Waals surface area contributed by atoms with Crippen molar-refractivity contribution in [1.82, 2.24) is 19.9 Å². The van der Waals surface area contributed by atoms with Gasteiger partial charge in [0.15, 0.2) is 0 Å². The summed E-state index contributed by atoms with van der Waals surface area (Å²) in [6.07, 6.45) is 3.13. The molecule has 0 atom stereocenters. The smallest absolute Gasteiger partial charge is 0.327 e. The van der Waals surface area contributed by atoms with Crippen LogP contribution in [0, 0.1) is 0 Å². The molecule has 0 unspecified atom stereocenters. The van der Waals surface area contributed by atoms with Gasteiger partial charge in [-0.15, -0.1) is 0 Å². The Hall–Kier alpha value is -3.54. The number of likely N-dealkylation sites (N-methyl/N-ethyl adjacent to an activating group) is 1. The number of carbonyl (C=O) groups excluding carboxylic acids is 1. The van der Waals surface area contributed by atoms with Crippen molar-refractivity contribution in [3.63, 3.8) is 0 Å². The normalized spacial score (nSPS) is 13.7. The Morgan fingerprint density at radius 3 is 2.29 bits per heavy atom. The predicted octanol–water partition coefficient (Wildman–Crippen LogP) is 4.75. The lowest BCUT2D eigenvalue weighted by atomic mass is 10.2. The van der Waals surface area contributed by atoms with Gasteiger partial charge in [-0.3, -0.25) is 4.90 Å². The van der Waals surface area contributed by atoms with Crippen LogP contribution in [0.25, 0.3) is 0 Å². The third-order valence-electron chi connectivity index (χ3n) is 6.27. The molecule has 1 aliphatic rings. The van der Waals surface area contributed by atoms with Crippen LogP contribution in [0.4, 0.5) is 33.6 Å². The minimum Gasteiger partial charge on any atom is -0.495 e. The van der Waals surface area contributed by atoms with Gasteiger partial charge in [-0.2, -0.15) is 0 Å². The number of urea groups is 1. The highest BCUT2D eigenvalue weighted by Gasteiger charge is 2.22. The molecule has 1 aliphatic heterocycles. The fourth-order valence-corrected chi connectivity index (χ4v) is 4.57. The number of rotatable bonds is 8. The van der Waals surface area contributed by atoms with E-state index in [1.54, 1.807) is 25.4 Å². The maximum absolute atomic E-state index is 13.0. The zero-order chi connectivity index (χ0) is 27.2. The molecule has 202 valence electrons. The first-order valence-electron chi connectivity index (χ1n) is 12.0. The quantitative estimate of drug-likeness (QED) is 0.403. The third-order valence-corrected chi connectivity index (χ3v) is 7.02. The fourth-order valence-electron chi connectivity index (χ4n) is 3.98. The Morgan fingerprint density at radius 2 is 1.71 bits per heavy atom. The molecule has 0 radical (unpaired) electrons. The van der Waals surface area contributed by atoms with E-state index in [1.807, 2.05) is 12.1 Å². The number of ether oxygens (including phenoxy) is 2. The minimum absolute atomic E-state index is 0.147. The number of anilines is 5. The van der Waals surface area contributed by atoms with Gasteiger partial charge in [0.2, 0.25) is 0 Å². The Kier molecular flexibility index (Phi) is 8.93. The van der Waals surface area contributed by atoms with E-state index < -0.39 is 6.03 Å². The van der Waals surface area contributed by atoms with E-state index in [2.05, 4.69) is 42.3 Å². The topological polar surface area (TPSA) is 108 Å². The van der Waals surface area contributed by atoms with Crippen LogP contribution in [0.3, 0.4) is 0 Å². The molecular weight excluding hydrogens is 531 g/mol. The van der Waals surface area contributed by atoms with Crippen LogP contribution in [0.15, 0.2) is 36.8 Å². The number of methoxy groups -OCH3 is 2. The van der Waals surface area contributed by atoms with Crippen LogP contribution in [-0.2, 0) is 0 Å². The van der Waals surface area contributed by atoms with Gasteiger partial charge >= 0.3 is 6.03 Å². The van der Waals surface area contributed by atoms with Crippen molar-refractivity contribution in [1.29, 1.82) is 0 Å². The highest BCUT2D eigenvalue weighted by atomic mass is 35.5. The molecule has 2 amide bonds. The summed E-state index contributed by atoms with van der Waals surface area (Å²) < 4.78 is 10.5. The number of hydrogen-bond donors (Lipinski definition) is 2. The number of pyridine rings is 1. The molecule has 0 saturated carbocycles. The lowest BCUT2D eigenvalue weighted by Crippen LogP contribution is -2.46. The lowest BCUT2D eigenvalue weighted by Gasteiger charge is -2.34. The molecule has 3 heterocycles. The van der Waals surface area contributed by atoms with Crippen molar-refractivity contribution in [3.05, 3.63) is 46.8 Å². The summed E-state index contributed by atoms with van der Waals surface area (Å²) >= 11 is 12.8. The van der Waals surface area contributed by atoms with Gasteiger partial charge in [0.1, 0.15) is 45.3 Å². The number of aromatic nitrogens is 3. The monoisotopic (exact) mass is 560 g/mol. The maximum Gasteiger partial charge on any atom is 0.327 e. The Morgan fingerprint density at radius 1 is 1.03 bits per heavy atom. The number of piperazine rings is 1. The number of nitrogens with one attached hydrogen (secondary N) is 2. The summed E-state index contributed by atoms with van der Waals surface area (Å²) in [6.45, 7) is 7.23. The molecule has 2 aromatic heterocycles. The highest BCUT2D eigenvalue weighted by molar-refractivity contribution is 6.41. The van der Waals surface area contributed by atoms with Gasteiger partial charge in [-0.25, -0.2) is 19.7 Å². The molecule has 4 rings (SSSR count). The van der Waals surface area contributed by atoms with Crippen LogP contribution in [-0.4, -0.2) is 79.9 Å². The Bertz CT molecular complexity index is 1240. The van der Waals surface area contributed by atoms with E-state index in [1.165, 1.54) is 25.4 Å². The second-order valence-corrected chi connectivity index (χ2v) is 9.24. The summed E-state index contributed by atoms with van der Waals surface area (Å²) in [7, 11) is 4.48. The van der Waals surface area contributed by atoms with Crippen LogP contribution in [0.5, 0.6) is 11.5 Å². The summed E-state index contributed by atoms with van der Waals surface area (Å²) in [5.74, 6) is 2.41. The molecule has 0 bridgehead atoms. The highest BCUT2D eigenvalue weighted by Crippen LogP contribution is 2.44. The largest absolute Gasteiger partial charge is 0.495 e. The van der Waals surface area contributed by atoms with Crippen molar-refractivity contribution >= 4 is 58.1 Å². The average Bonchev–Trinajstić information content (AvgIpc) is 2.95. The van der Waals surface area contributed by atoms with Crippen molar-refractivity contribution in [2.75, 3.05) is 74.4 Å². The summed E-state index contributed by atoms with van der Waals surface area (Å²) in [6, 6.07) is 6.60. The van der Waals surface area contributed by atoms with E-state index in [9.17, 15) is 4.79 Å². The standard InChI is InChI=1S/C25H30Cl2N8O3/c1-5-34-8-10-35(11-9-34)20-7-6-16(14-28-20)31-19-13-21(30-15-29-19)33(2)25(36)32-24-22(26)17(37-3)12-18(38-4)23(24)27/h6-7,12-15H,5,8-11H2,1-4H3,(H,32,36)(H,29,30,31). The van der Waals surface area contributed by atoms with Crippen LogP contribution in [0.1, 0.15) is 6.92 Å². The molecule has 1 saturated heterocycles. The molecular formula is C25H30Cl2N8O3. The number of nitrogens with zero attached hydrogens (tertiary/aromatic N) is 6. The lowest BCUT2D eigenvalue weighted by molar-refractivity contribution is 0.258. The molecule has 1 fully saturated rings. The van der Waals surface area contributed by atoms with E-state index >= 15 is 0 Å². The SMILES string of the molecule is CCN1CCN(c2ccc(Nc3cc(N(C)C(=O)Nc4c(Cl)c(OC)cc(OC)c4Cl)ncn3)cn2)CC1. The molecule has 0 spiro atoms. The summed E-state index contributed by atoms with van der Waals surface area (Å²) in [5, 5.41) is 6.21. The predicted molar refractivity (Wildman–Crippen MR) is 151 cm³/mol. The number of halogens is 2. The van der Waals surface area contributed by atoms with Crippen LogP contribution >= 0.6 is 23.2 Å². The zero-order valence-electron chi connectivity index (χ0n) is 21.7. The molecule has 2 N–H and O–H groups in total. The molecule has 3 aromatic rings.